The summed E-state index contributed by atoms with van der Waals surface area (Å²) in [7, 11) is 2.05. The van der Waals surface area contributed by atoms with E-state index in [9.17, 15) is 0 Å². The van der Waals surface area contributed by atoms with Crippen molar-refractivity contribution in [3.05, 3.63) is 0 Å². The lowest BCUT2D eigenvalue weighted by molar-refractivity contribution is 0.305. The molecule has 1 aliphatic rings. The third kappa shape index (κ3) is 2.56. The maximum Gasteiger partial charge on any atom is 0.00207 e. The van der Waals surface area contributed by atoms with E-state index in [4.69, 9.17) is 0 Å². The van der Waals surface area contributed by atoms with Gasteiger partial charge in [0.1, 0.15) is 0 Å². The third-order valence-electron chi connectivity index (χ3n) is 2.51. The first kappa shape index (κ1) is 9.74. The Morgan fingerprint density at radius 3 is 2.91 bits per heavy atom. The van der Waals surface area contributed by atoms with Gasteiger partial charge < -0.3 is 10.6 Å². The second kappa shape index (κ2) is 4.62. The van der Waals surface area contributed by atoms with Crippen LogP contribution in [0, 0.1) is 5.41 Å². The van der Waals surface area contributed by atoms with Crippen LogP contribution >= 0.6 is 22.6 Å². The smallest absolute Gasteiger partial charge is 0.00207 e. The van der Waals surface area contributed by atoms with Crippen molar-refractivity contribution in [2.75, 3.05) is 31.1 Å². The van der Waals surface area contributed by atoms with Gasteiger partial charge in [0.15, 0.2) is 0 Å². The Morgan fingerprint density at radius 2 is 2.45 bits per heavy atom. The molecule has 66 valence electrons. The van der Waals surface area contributed by atoms with E-state index in [1.807, 2.05) is 7.05 Å². The minimum Gasteiger partial charge on any atom is -0.319 e. The summed E-state index contributed by atoms with van der Waals surface area (Å²) in [5.74, 6) is 0. The van der Waals surface area contributed by atoms with Crippen LogP contribution in [-0.4, -0.2) is 31.1 Å². The van der Waals surface area contributed by atoms with Crippen molar-refractivity contribution < 1.29 is 0 Å². The molecule has 1 heterocycles. The fraction of sp³-hybridized carbons (Fsp3) is 1.00. The van der Waals surface area contributed by atoms with E-state index in [0.717, 1.165) is 0 Å². The zero-order valence-electron chi connectivity index (χ0n) is 7.12. The second-order valence-electron chi connectivity index (χ2n) is 3.40. The fourth-order valence-electron chi connectivity index (χ4n) is 1.82. The second-order valence-corrected chi connectivity index (χ2v) is 4.47. The minimum atomic E-state index is 0.565. The molecule has 0 saturated carbocycles. The van der Waals surface area contributed by atoms with Gasteiger partial charge in [-0.3, -0.25) is 0 Å². The Bertz CT molecular complexity index is 103. The SMILES string of the molecule is CNCC1(CCI)CCNC1. The first-order chi connectivity index (χ1) is 5.33. The fourth-order valence-corrected chi connectivity index (χ4v) is 2.97. The Morgan fingerprint density at radius 1 is 1.64 bits per heavy atom. The predicted molar refractivity (Wildman–Crippen MR) is 57.4 cm³/mol. The summed E-state index contributed by atoms with van der Waals surface area (Å²) in [6, 6.07) is 0. The lowest BCUT2D eigenvalue weighted by Crippen LogP contribution is -2.34. The molecule has 1 aliphatic heterocycles. The van der Waals surface area contributed by atoms with Crippen molar-refractivity contribution in [2.45, 2.75) is 12.8 Å². The molecule has 0 spiro atoms. The molecule has 11 heavy (non-hydrogen) atoms. The van der Waals surface area contributed by atoms with Crippen molar-refractivity contribution in [3.63, 3.8) is 0 Å². The number of hydrogen-bond donors (Lipinski definition) is 2. The van der Waals surface area contributed by atoms with Crippen LogP contribution in [0.25, 0.3) is 0 Å². The number of rotatable bonds is 4. The van der Waals surface area contributed by atoms with Crippen LogP contribution in [0.2, 0.25) is 0 Å². The number of hydrogen-bond acceptors (Lipinski definition) is 2. The minimum absolute atomic E-state index is 0.565. The van der Waals surface area contributed by atoms with Crippen molar-refractivity contribution in [1.29, 1.82) is 0 Å². The summed E-state index contributed by atoms with van der Waals surface area (Å²) in [6.07, 6.45) is 2.69. The lowest BCUT2D eigenvalue weighted by atomic mass is 9.84. The van der Waals surface area contributed by atoms with Crippen LogP contribution < -0.4 is 10.6 Å². The predicted octanol–water partition coefficient (Wildman–Crippen LogP) is 1.01. The first-order valence-electron chi connectivity index (χ1n) is 4.24. The molecule has 0 aliphatic carbocycles. The summed E-state index contributed by atoms with van der Waals surface area (Å²) >= 11 is 2.47. The highest BCUT2D eigenvalue weighted by Crippen LogP contribution is 2.29. The Balaban J connectivity index is 2.40. The zero-order valence-corrected chi connectivity index (χ0v) is 9.28. The first-order valence-corrected chi connectivity index (χ1v) is 5.77. The monoisotopic (exact) mass is 268 g/mol. The van der Waals surface area contributed by atoms with Gasteiger partial charge in [0.05, 0.1) is 0 Å². The number of halogens is 1. The maximum absolute atomic E-state index is 3.44. The molecule has 1 atom stereocenters. The summed E-state index contributed by atoms with van der Waals surface area (Å²) in [5.41, 5.74) is 0.565. The van der Waals surface area contributed by atoms with Crippen LogP contribution in [0.5, 0.6) is 0 Å². The molecule has 1 fully saturated rings. The van der Waals surface area contributed by atoms with Gasteiger partial charge in [0.25, 0.3) is 0 Å². The van der Waals surface area contributed by atoms with Crippen molar-refractivity contribution >= 4 is 22.6 Å². The van der Waals surface area contributed by atoms with Gasteiger partial charge in [-0.15, -0.1) is 0 Å². The molecule has 1 unspecified atom stereocenters. The molecular weight excluding hydrogens is 251 g/mol. The van der Waals surface area contributed by atoms with Gasteiger partial charge in [0, 0.05) is 17.5 Å². The molecule has 1 rings (SSSR count). The Hall–Kier alpha value is 0.650. The molecule has 0 aromatic heterocycles. The highest BCUT2D eigenvalue weighted by atomic mass is 127. The van der Waals surface area contributed by atoms with Crippen LogP contribution in [0.15, 0.2) is 0 Å². The molecular formula is C8H17IN2. The summed E-state index contributed by atoms with van der Waals surface area (Å²) < 4.78 is 1.28. The average Bonchev–Trinajstić information content (AvgIpc) is 2.39. The van der Waals surface area contributed by atoms with E-state index < -0.39 is 0 Å². The molecule has 2 N–H and O–H groups in total. The average molecular weight is 268 g/mol. The highest BCUT2D eigenvalue weighted by molar-refractivity contribution is 14.1. The number of alkyl halides is 1. The van der Waals surface area contributed by atoms with Gasteiger partial charge in [-0.05, 0) is 31.8 Å². The molecule has 1 saturated heterocycles. The molecule has 0 aromatic rings. The maximum atomic E-state index is 3.44. The molecule has 3 heteroatoms. The van der Waals surface area contributed by atoms with Crippen molar-refractivity contribution in [2.24, 2.45) is 5.41 Å². The van der Waals surface area contributed by atoms with Gasteiger partial charge in [0.2, 0.25) is 0 Å². The van der Waals surface area contributed by atoms with Crippen LogP contribution in [0.1, 0.15) is 12.8 Å². The highest BCUT2D eigenvalue weighted by Gasteiger charge is 2.31. The van der Waals surface area contributed by atoms with E-state index in [1.54, 1.807) is 0 Å². The van der Waals surface area contributed by atoms with E-state index in [1.165, 1.54) is 36.9 Å². The van der Waals surface area contributed by atoms with E-state index in [0.29, 0.717) is 5.41 Å². The van der Waals surface area contributed by atoms with Gasteiger partial charge >= 0.3 is 0 Å². The van der Waals surface area contributed by atoms with Crippen LogP contribution in [0.3, 0.4) is 0 Å². The topological polar surface area (TPSA) is 24.1 Å². The molecule has 2 nitrogen and oxygen atoms in total. The molecule has 0 amide bonds. The van der Waals surface area contributed by atoms with Crippen molar-refractivity contribution in [3.8, 4) is 0 Å². The quantitative estimate of drug-likeness (QED) is 0.587. The summed E-state index contributed by atoms with van der Waals surface area (Å²) in [4.78, 5) is 0. The largest absolute Gasteiger partial charge is 0.319 e. The van der Waals surface area contributed by atoms with Crippen LogP contribution in [-0.2, 0) is 0 Å². The van der Waals surface area contributed by atoms with E-state index in [-0.39, 0.29) is 0 Å². The molecule has 0 bridgehead atoms. The molecule has 0 aromatic carbocycles. The Labute approximate surface area is 82.6 Å². The summed E-state index contributed by atoms with van der Waals surface area (Å²) in [6.45, 7) is 3.58. The normalized spacial score (nSPS) is 31.1. The standard InChI is InChI=1S/C8H17IN2/c1-10-6-8(2-4-9)3-5-11-7-8/h10-11H,2-7H2,1H3. The summed E-state index contributed by atoms with van der Waals surface area (Å²) in [5, 5.41) is 6.73. The Kier molecular flexibility index (Phi) is 4.09. The zero-order chi connectivity index (χ0) is 8.16. The molecule has 0 radical (unpaired) electrons. The van der Waals surface area contributed by atoms with E-state index in [2.05, 4.69) is 33.2 Å². The van der Waals surface area contributed by atoms with Gasteiger partial charge in [-0.1, -0.05) is 22.6 Å². The van der Waals surface area contributed by atoms with Gasteiger partial charge in [-0.2, -0.15) is 0 Å². The number of nitrogens with one attached hydrogen (secondary N) is 2. The third-order valence-corrected chi connectivity index (χ3v) is 3.05. The lowest BCUT2D eigenvalue weighted by Gasteiger charge is -2.26. The van der Waals surface area contributed by atoms with Crippen molar-refractivity contribution in [1.82, 2.24) is 10.6 Å². The van der Waals surface area contributed by atoms with Crippen LogP contribution in [0.4, 0.5) is 0 Å². The van der Waals surface area contributed by atoms with Gasteiger partial charge in [-0.25, -0.2) is 0 Å². The van der Waals surface area contributed by atoms with E-state index >= 15 is 0 Å².